The maximum Gasteiger partial charge on any atom is 0.168 e. The van der Waals surface area contributed by atoms with Crippen molar-refractivity contribution in [2.75, 3.05) is 0 Å². The minimum atomic E-state index is -0.557. The van der Waals surface area contributed by atoms with Gasteiger partial charge in [0.05, 0.1) is 15.9 Å². The van der Waals surface area contributed by atoms with E-state index in [-0.39, 0.29) is 10.7 Å². The van der Waals surface area contributed by atoms with Crippen LogP contribution in [0.15, 0.2) is 12.1 Å². The summed E-state index contributed by atoms with van der Waals surface area (Å²) in [4.78, 5) is 10.5. The molecule has 0 unspecified atom stereocenters. The maximum absolute atomic E-state index is 13.0. The van der Waals surface area contributed by atoms with Crippen LogP contribution in [0.5, 0.6) is 0 Å². The summed E-state index contributed by atoms with van der Waals surface area (Å²) in [6.07, 6.45) is 0.556. The SMILES string of the molecule is O=Cc1[nH]nc2ccc(F)c(Cl)c12. The molecular formula is C8H4ClFN2O. The van der Waals surface area contributed by atoms with Gasteiger partial charge in [0.25, 0.3) is 0 Å². The average molecular weight is 199 g/mol. The molecule has 5 heteroatoms. The summed E-state index contributed by atoms with van der Waals surface area (Å²) < 4.78 is 13.0. The van der Waals surface area contributed by atoms with Gasteiger partial charge in [0.1, 0.15) is 11.5 Å². The van der Waals surface area contributed by atoms with Crippen LogP contribution >= 0.6 is 11.6 Å². The van der Waals surface area contributed by atoms with Crippen LogP contribution in [0.3, 0.4) is 0 Å². The molecule has 0 spiro atoms. The van der Waals surface area contributed by atoms with Crippen molar-refractivity contribution in [3.8, 4) is 0 Å². The smallest absolute Gasteiger partial charge is 0.168 e. The van der Waals surface area contributed by atoms with Crippen molar-refractivity contribution in [1.29, 1.82) is 0 Å². The second kappa shape index (κ2) is 2.81. The molecule has 0 fully saturated rings. The lowest BCUT2D eigenvalue weighted by Crippen LogP contribution is -1.82. The average Bonchev–Trinajstić information content (AvgIpc) is 2.55. The molecule has 0 saturated heterocycles. The number of hydrogen-bond donors (Lipinski definition) is 1. The van der Waals surface area contributed by atoms with Gasteiger partial charge >= 0.3 is 0 Å². The quantitative estimate of drug-likeness (QED) is 0.714. The first-order valence-electron chi connectivity index (χ1n) is 3.51. The largest absolute Gasteiger partial charge is 0.296 e. The monoisotopic (exact) mass is 198 g/mol. The summed E-state index contributed by atoms with van der Waals surface area (Å²) in [5.41, 5.74) is 0.674. The lowest BCUT2D eigenvalue weighted by Gasteiger charge is -1.94. The molecule has 66 valence electrons. The number of halogens is 2. The number of nitrogens with zero attached hydrogens (tertiary/aromatic N) is 1. The van der Waals surface area contributed by atoms with E-state index in [0.29, 0.717) is 17.2 Å². The van der Waals surface area contributed by atoms with E-state index in [1.165, 1.54) is 12.1 Å². The van der Waals surface area contributed by atoms with Gasteiger partial charge in [-0.05, 0) is 12.1 Å². The molecule has 1 aromatic carbocycles. The van der Waals surface area contributed by atoms with Gasteiger partial charge in [-0.2, -0.15) is 5.10 Å². The predicted molar refractivity (Wildman–Crippen MR) is 46.4 cm³/mol. The lowest BCUT2D eigenvalue weighted by atomic mass is 10.2. The summed E-state index contributed by atoms with van der Waals surface area (Å²) in [5, 5.41) is 6.50. The Balaban J connectivity index is 2.93. The fourth-order valence-electron chi connectivity index (χ4n) is 1.15. The Hall–Kier alpha value is -1.42. The van der Waals surface area contributed by atoms with Crippen LogP contribution in [0.1, 0.15) is 10.5 Å². The van der Waals surface area contributed by atoms with Crippen molar-refractivity contribution < 1.29 is 9.18 Å². The first-order valence-corrected chi connectivity index (χ1v) is 3.89. The Labute approximate surface area is 77.5 Å². The topological polar surface area (TPSA) is 45.8 Å². The van der Waals surface area contributed by atoms with E-state index in [1.807, 2.05) is 0 Å². The van der Waals surface area contributed by atoms with E-state index in [9.17, 15) is 9.18 Å². The number of aromatic nitrogens is 2. The second-order valence-corrected chi connectivity index (χ2v) is 2.89. The number of rotatable bonds is 1. The normalized spacial score (nSPS) is 10.6. The van der Waals surface area contributed by atoms with Crippen LogP contribution in [0.4, 0.5) is 4.39 Å². The Kier molecular flexibility index (Phi) is 1.77. The Morgan fingerprint density at radius 2 is 2.31 bits per heavy atom. The molecule has 0 aliphatic carbocycles. The van der Waals surface area contributed by atoms with Crippen molar-refractivity contribution >= 4 is 28.8 Å². The number of carbonyl (C=O) groups excluding carboxylic acids is 1. The fourth-order valence-corrected chi connectivity index (χ4v) is 1.41. The number of fused-ring (bicyclic) bond motifs is 1. The van der Waals surface area contributed by atoms with Gasteiger partial charge < -0.3 is 0 Å². The molecule has 0 aliphatic heterocycles. The molecule has 1 N–H and O–H groups in total. The zero-order valence-electron chi connectivity index (χ0n) is 6.34. The Morgan fingerprint density at radius 3 is 3.00 bits per heavy atom. The van der Waals surface area contributed by atoms with Gasteiger partial charge in [-0.3, -0.25) is 9.89 Å². The number of nitrogens with one attached hydrogen (secondary N) is 1. The highest BCUT2D eigenvalue weighted by Gasteiger charge is 2.11. The summed E-state index contributed by atoms with van der Waals surface area (Å²) in [7, 11) is 0. The minimum Gasteiger partial charge on any atom is -0.296 e. The Bertz CT molecular complexity index is 480. The number of carbonyl (C=O) groups is 1. The van der Waals surface area contributed by atoms with Crippen molar-refractivity contribution in [3.05, 3.63) is 28.7 Å². The van der Waals surface area contributed by atoms with Gasteiger partial charge in [0.15, 0.2) is 6.29 Å². The van der Waals surface area contributed by atoms with Crippen LogP contribution in [0, 0.1) is 5.82 Å². The van der Waals surface area contributed by atoms with Gasteiger partial charge in [-0.1, -0.05) is 11.6 Å². The molecule has 2 rings (SSSR count). The van der Waals surface area contributed by atoms with Crippen LogP contribution in [0.25, 0.3) is 10.9 Å². The predicted octanol–water partition coefficient (Wildman–Crippen LogP) is 2.17. The first-order chi connectivity index (χ1) is 6.24. The third-order valence-electron chi connectivity index (χ3n) is 1.76. The van der Waals surface area contributed by atoms with E-state index in [2.05, 4.69) is 10.2 Å². The third kappa shape index (κ3) is 1.10. The van der Waals surface area contributed by atoms with Crippen molar-refractivity contribution in [1.82, 2.24) is 10.2 Å². The van der Waals surface area contributed by atoms with Crippen LogP contribution in [-0.2, 0) is 0 Å². The summed E-state index contributed by atoms with van der Waals surface area (Å²) in [6, 6.07) is 2.67. The van der Waals surface area contributed by atoms with E-state index in [4.69, 9.17) is 11.6 Å². The van der Waals surface area contributed by atoms with Gasteiger partial charge in [-0.25, -0.2) is 4.39 Å². The highest BCUT2D eigenvalue weighted by atomic mass is 35.5. The highest BCUT2D eigenvalue weighted by molar-refractivity contribution is 6.36. The lowest BCUT2D eigenvalue weighted by molar-refractivity contribution is 0.112. The molecule has 0 aliphatic rings. The summed E-state index contributed by atoms with van der Waals surface area (Å²) in [6.45, 7) is 0. The number of H-pyrrole nitrogens is 1. The number of aromatic amines is 1. The van der Waals surface area contributed by atoms with Gasteiger partial charge in [0, 0.05) is 0 Å². The summed E-state index contributed by atoms with van der Waals surface area (Å²) >= 11 is 5.66. The second-order valence-electron chi connectivity index (χ2n) is 2.51. The van der Waals surface area contributed by atoms with Crippen molar-refractivity contribution in [3.63, 3.8) is 0 Å². The molecule has 0 saturated carbocycles. The Morgan fingerprint density at radius 1 is 1.54 bits per heavy atom. The van der Waals surface area contributed by atoms with E-state index in [1.54, 1.807) is 0 Å². The first kappa shape index (κ1) is 8.19. The van der Waals surface area contributed by atoms with Crippen molar-refractivity contribution in [2.45, 2.75) is 0 Å². The zero-order chi connectivity index (χ0) is 9.42. The van der Waals surface area contributed by atoms with Crippen LogP contribution in [-0.4, -0.2) is 16.5 Å². The number of aldehydes is 1. The maximum atomic E-state index is 13.0. The van der Waals surface area contributed by atoms with E-state index < -0.39 is 5.82 Å². The van der Waals surface area contributed by atoms with E-state index >= 15 is 0 Å². The molecule has 2 aromatic rings. The molecule has 0 atom stereocenters. The van der Waals surface area contributed by atoms with Gasteiger partial charge in [-0.15, -0.1) is 0 Å². The van der Waals surface area contributed by atoms with Crippen LogP contribution in [0.2, 0.25) is 5.02 Å². The molecular weight excluding hydrogens is 195 g/mol. The highest BCUT2D eigenvalue weighted by Crippen LogP contribution is 2.26. The molecule has 3 nitrogen and oxygen atoms in total. The molecule has 0 bridgehead atoms. The van der Waals surface area contributed by atoms with Crippen molar-refractivity contribution in [2.24, 2.45) is 0 Å². The standard InChI is InChI=1S/C8H4ClFN2O/c9-8-4(10)1-2-5-7(8)6(3-13)12-11-5/h1-3H,(H,11,12). The molecule has 0 amide bonds. The van der Waals surface area contributed by atoms with E-state index in [0.717, 1.165) is 0 Å². The fraction of sp³-hybridized carbons (Fsp3) is 0. The third-order valence-corrected chi connectivity index (χ3v) is 2.13. The molecule has 13 heavy (non-hydrogen) atoms. The molecule has 0 radical (unpaired) electrons. The number of benzene rings is 1. The molecule has 1 heterocycles. The van der Waals surface area contributed by atoms with Gasteiger partial charge in [0.2, 0.25) is 0 Å². The van der Waals surface area contributed by atoms with Crippen LogP contribution < -0.4 is 0 Å². The zero-order valence-corrected chi connectivity index (χ0v) is 7.10. The minimum absolute atomic E-state index is 0.0756. The summed E-state index contributed by atoms with van der Waals surface area (Å²) in [5.74, 6) is -0.557. The number of hydrogen-bond acceptors (Lipinski definition) is 2. The molecule has 1 aromatic heterocycles.